The van der Waals surface area contributed by atoms with E-state index in [1.807, 2.05) is 22.5 Å². The topological polar surface area (TPSA) is 59.4 Å². The van der Waals surface area contributed by atoms with Crippen LogP contribution in [0.5, 0.6) is 0 Å². The molecule has 0 bridgehead atoms. The van der Waals surface area contributed by atoms with Gasteiger partial charge in [0.05, 0.1) is 11.2 Å². The fourth-order valence-corrected chi connectivity index (χ4v) is 6.03. The largest absolute Gasteiger partial charge is 0.370 e. The first-order chi connectivity index (χ1) is 17.4. The number of aromatic nitrogens is 2. The fraction of sp³-hybridized carbons (Fsp3) is 0.500. The summed E-state index contributed by atoms with van der Waals surface area (Å²) in [6, 6.07) is 14.0. The molecule has 6 rings (SSSR count). The zero-order valence-electron chi connectivity index (χ0n) is 21.7. The monoisotopic (exact) mass is 487 g/mol. The minimum atomic E-state index is 0.0315. The Kier molecular flexibility index (Phi) is 5.79. The number of benzene rings is 1. The summed E-state index contributed by atoms with van der Waals surface area (Å²) in [4.78, 5) is 21.5. The van der Waals surface area contributed by atoms with Crippen LogP contribution in [-0.2, 0) is 0 Å². The number of carbonyl (C=O) groups is 1. The number of likely N-dealkylation sites (tertiary alicyclic amines) is 1. The second-order valence-corrected chi connectivity index (χ2v) is 11.0. The zero-order valence-corrected chi connectivity index (χ0v) is 21.7. The SMILES string of the molecule is CCNC(=O)N1CCN(c2ccnn3cc(-c4ccc(N5CC6(C5)CN(C(C)C)C6)cc4)cc23)CC1. The van der Waals surface area contributed by atoms with Gasteiger partial charge in [-0.1, -0.05) is 12.1 Å². The van der Waals surface area contributed by atoms with E-state index in [-0.39, 0.29) is 6.03 Å². The number of piperazine rings is 1. The van der Waals surface area contributed by atoms with E-state index in [0.717, 1.165) is 31.7 Å². The van der Waals surface area contributed by atoms with Gasteiger partial charge in [-0.05, 0) is 50.6 Å². The smallest absolute Gasteiger partial charge is 0.317 e. The van der Waals surface area contributed by atoms with Crippen molar-refractivity contribution in [3.05, 3.63) is 48.8 Å². The molecule has 1 N–H and O–H groups in total. The lowest BCUT2D eigenvalue weighted by molar-refractivity contribution is -0.0411. The standard InChI is InChI=1S/C28H37N7O/c1-4-29-27(36)32-13-11-31(12-14-32)25-9-10-30-35-16-23(15-26(25)35)22-5-7-24(8-6-22)34-19-28(20-34)17-33(18-28)21(2)3/h5-10,15-16,21H,4,11-14,17-20H2,1-3H3,(H,29,36). The van der Waals surface area contributed by atoms with Gasteiger partial charge in [-0.15, -0.1) is 0 Å². The minimum absolute atomic E-state index is 0.0315. The number of nitrogens with one attached hydrogen (secondary N) is 1. The lowest BCUT2D eigenvalue weighted by atomic mass is 9.72. The highest BCUT2D eigenvalue weighted by molar-refractivity contribution is 5.81. The molecule has 8 nitrogen and oxygen atoms in total. The summed E-state index contributed by atoms with van der Waals surface area (Å²) in [5.41, 5.74) is 6.50. The van der Waals surface area contributed by atoms with Crippen molar-refractivity contribution < 1.29 is 4.79 Å². The van der Waals surface area contributed by atoms with E-state index >= 15 is 0 Å². The molecule has 36 heavy (non-hydrogen) atoms. The lowest BCUT2D eigenvalue weighted by Gasteiger charge is -2.62. The van der Waals surface area contributed by atoms with Crippen LogP contribution in [0, 0.1) is 5.41 Å². The van der Waals surface area contributed by atoms with Crippen molar-refractivity contribution in [3.8, 4) is 11.1 Å². The van der Waals surface area contributed by atoms with E-state index in [9.17, 15) is 4.79 Å². The van der Waals surface area contributed by atoms with E-state index in [2.05, 4.69) is 81.6 Å². The van der Waals surface area contributed by atoms with Crippen LogP contribution in [0.3, 0.4) is 0 Å². The lowest BCUT2D eigenvalue weighted by Crippen LogP contribution is -2.73. The van der Waals surface area contributed by atoms with E-state index in [1.54, 1.807) is 0 Å². The molecule has 8 heteroatoms. The molecule has 0 aliphatic carbocycles. The summed E-state index contributed by atoms with van der Waals surface area (Å²) >= 11 is 0. The van der Waals surface area contributed by atoms with Gasteiger partial charge in [-0.2, -0.15) is 5.10 Å². The quantitative estimate of drug-likeness (QED) is 0.598. The third kappa shape index (κ3) is 4.07. The Hall–Kier alpha value is -3.26. The van der Waals surface area contributed by atoms with Crippen LogP contribution in [0.25, 0.3) is 16.6 Å². The Labute approximate surface area is 213 Å². The molecule has 3 aliphatic heterocycles. The molecule has 2 aromatic heterocycles. The van der Waals surface area contributed by atoms with E-state index < -0.39 is 0 Å². The van der Waals surface area contributed by atoms with Crippen LogP contribution in [0.4, 0.5) is 16.2 Å². The molecular weight excluding hydrogens is 450 g/mol. The van der Waals surface area contributed by atoms with E-state index in [0.29, 0.717) is 18.0 Å². The van der Waals surface area contributed by atoms with Crippen molar-refractivity contribution in [2.75, 3.05) is 68.7 Å². The van der Waals surface area contributed by atoms with Gasteiger partial charge in [0, 0.05) is 94.0 Å². The Morgan fingerprint density at radius 2 is 1.69 bits per heavy atom. The first-order valence-corrected chi connectivity index (χ1v) is 13.3. The molecule has 0 atom stereocenters. The molecule has 3 aromatic rings. The molecule has 1 aromatic carbocycles. The number of fused-ring (bicyclic) bond motifs is 1. The Morgan fingerprint density at radius 1 is 0.972 bits per heavy atom. The van der Waals surface area contributed by atoms with Gasteiger partial charge in [0.2, 0.25) is 0 Å². The highest BCUT2D eigenvalue weighted by atomic mass is 16.2. The number of hydrogen-bond acceptors (Lipinski definition) is 5. The van der Waals surface area contributed by atoms with Crippen molar-refractivity contribution in [2.45, 2.75) is 26.8 Å². The molecule has 0 saturated carbocycles. The van der Waals surface area contributed by atoms with Crippen molar-refractivity contribution >= 4 is 22.9 Å². The third-order valence-corrected chi connectivity index (χ3v) is 8.15. The maximum absolute atomic E-state index is 12.2. The fourth-order valence-electron chi connectivity index (χ4n) is 6.03. The van der Waals surface area contributed by atoms with Gasteiger partial charge < -0.3 is 20.0 Å². The van der Waals surface area contributed by atoms with Crippen molar-refractivity contribution in [1.29, 1.82) is 0 Å². The molecule has 3 saturated heterocycles. The highest BCUT2D eigenvalue weighted by Crippen LogP contribution is 2.43. The summed E-state index contributed by atoms with van der Waals surface area (Å²) in [7, 11) is 0. The Bertz CT molecular complexity index is 1230. The van der Waals surface area contributed by atoms with Gasteiger partial charge in [0.15, 0.2) is 0 Å². The van der Waals surface area contributed by atoms with Crippen molar-refractivity contribution in [1.82, 2.24) is 24.7 Å². The average molecular weight is 488 g/mol. The number of hydrogen-bond donors (Lipinski definition) is 1. The van der Waals surface area contributed by atoms with Crippen LogP contribution >= 0.6 is 0 Å². The minimum Gasteiger partial charge on any atom is -0.370 e. The second kappa shape index (κ2) is 9.00. The summed E-state index contributed by atoms with van der Waals surface area (Å²) in [6.45, 7) is 15.1. The van der Waals surface area contributed by atoms with Crippen LogP contribution in [0.1, 0.15) is 20.8 Å². The number of amides is 2. The van der Waals surface area contributed by atoms with Crippen molar-refractivity contribution in [3.63, 3.8) is 0 Å². The molecule has 190 valence electrons. The number of carbonyl (C=O) groups excluding carboxylic acids is 1. The molecule has 1 spiro atoms. The third-order valence-electron chi connectivity index (χ3n) is 8.15. The van der Waals surface area contributed by atoms with Gasteiger partial charge in [-0.25, -0.2) is 9.31 Å². The maximum atomic E-state index is 12.2. The number of rotatable bonds is 5. The van der Waals surface area contributed by atoms with Crippen molar-refractivity contribution in [2.24, 2.45) is 5.41 Å². The summed E-state index contributed by atoms with van der Waals surface area (Å²) in [6.07, 6.45) is 3.98. The molecule has 0 radical (unpaired) electrons. The molecule has 5 heterocycles. The Morgan fingerprint density at radius 3 is 2.36 bits per heavy atom. The first kappa shape index (κ1) is 23.2. The highest BCUT2D eigenvalue weighted by Gasteiger charge is 2.52. The second-order valence-electron chi connectivity index (χ2n) is 11.0. The van der Waals surface area contributed by atoms with Crippen LogP contribution in [0.2, 0.25) is 0 Å². The average Bonchev–Trinajstić information content (AvgIpc) is 3.27. The summed E-state index contributed by atoms with van der Waals surface area (Å²) in [5.74, 6) is 0. The molecular formula is C28H37N7O. The zero-order chi connectivity index (χ0) is 24.9. The molecule has 3 aliphatic rings. The summed E-state index contributed by atoms with van der Waals surface area (Å²) < 4.78 is 1.98. The maximum Gasteiger partial charge on any atom is 0.317 e. The van der Waals surface area contributed by atoms with Crippen LogP contribution < -0.4 is 15.1 Å². The predicted octanol–water partition coefficient (Wildman–Crippen LogP) is 3.38. The number of urea groups is 1. The number of nitrogens with zero attached hydrogens (tertiary/aromatic N) is 6. The summed E-state index contributed by atoms with van der Waals surface area (Å²) in [5, 5.41) is 7.48. The molecule has 0 unspecified atom stereocenters. The van der Waals surface area contributed by atoms with E-state index in [1.165, 1.54) is 48.7 Å². The van der Waals surface area contributed by atoms with Crippen LogP contribution in [0.15, 0.2) is 48.8 Å². The van der Waals surface area contributed by atoms with Gasteiger partial charge in [0.25, 0.3) is 0 Å². The Balaban J connectivity index is 1.13. The predicted molar refractivity (Wildman–Crippen MR) is 145 cm³/mol. The number of anilines is 2. The van der Waals surface area contributed by atoms with Crippen LogP contribution in [-0.4, -0.2) is 90.4 Å². The van der Waals surface area contributed by atoms with E-state index in [4.69, 9.17) is 0 Å². The molecule has 3 fully saturated rings. The molecule has 2 amide bonds. The first-order valence-electron chi connectivity index (χ1n) is 13.3. The van der Waals surface area contributed by atoms with Gasteiger partial charge in [-0.3, -0.25) is 4.90 Å². The normalized spacial score (nSPS) is 19.6. The van der Waals surface area contributed by atoms with Gasteiger partial charge in [0.1, 0.15) is 0 Å². The van der Waals surface area contributed by atoms with Gasteiger partial charge >= 0.3 is 6.03 Å².